The summed E-state index contributed by atoms with van der Waals surface area (Å²) in [5.74, 6) is 0.317. The van der Waals surface area contributed by atoms with Crippen molar-refractivity contribution in [3.05, 3.63) is 29.8 Å². The monoisotopic (exact) mass is 402 g/mol. The minimum Gasteiger partial charge on any atom is -0.497 e. The second-order valence-electron chi connectivity index (χ2n) is 8.43. The van der Waals surface area contributed by atoms with Crippen LogP contribution in [0.3, 0.4) is 0 Å². The Balaban J connectivity index is 1.51. The number of aliphatic hydroxyl groups is 1. The van der Waals surface area contributed by atoms with Crippen LogP contribution in [0.1, 0.15) is 12.5 Å². The predicted molar refractivity (Wildman–Crippen MR) is 103 cm³/mol. The van der Waals surface area contributed by atoms with Gasteiger partial charge in [-0.15, -0.1) is 0 Å². The topological polar surface area (TPSA) is 111 Å². The van der Waals surface area contributed by atoms with Crippen LogP contribution in [0, 0.1) is 5.41 Å². The van der Waals surface area contributed by atoms with Crippen LogP contribution in [0.5, 0.6) is 5.75 Å². The van der Waals surface area contributed by atoms with Crippen LogP contribution < -0.4 is 15.4 Å². The summed E-state index contributed by atoms with van der Waals surface area (Å²) in [6, 6.07) is 7.35. The molecule has 0 radical (unpaired) electrons. The molecular formula is C20H26N4O5. The maximum atomic E-state index is 13.4. The van der Waals surface area contributed by atoms with E-state index in [1.807, 2.05) is 24.3 Å². The average Bonchev–Trinajstić information content (AvgIpc) is 3.04. The third-order valence-electron chi connectivity index (χ3n) is 6.03. The van der Waals surface area contributed by atoms with Crippen LogP contribution in [0.15, 0.2) is 24.3 Å². The molecule has 0 aliphatic carbocycles. The number of benzene rings is 1. The van der Waals surface area contributed by atoms with Crippen LogP contribution in [-0.4, -0.2) is 84.2 Å². The van der Waals surface area contributed by atoms with Crippen LogP contribution in [0.4, 0.5) is 4.79 Å². The Morgan fingerprint density at radius 2 is 1.97 bits per heavy atom. The number of aliphatic hydroxyl groups excluding tert-OH is 1. The molecule has 4 rings (SSSR count). The van der Waals surface area contributed by atoms with E-state index in [9.17, 15) is 19.5 Å². The number of ether oxygens (including phenoxy) is 1. The van der Waals surface area contributed by atoms with Crippen molar-refractivity contribution in [3.63, 3.8) is 0 Å². The first-order valence-corrected chi connectivity index (χ1v) is 9.71. The summed E-state index contributed by atoms with van der Waals surface area (Å²) in [7, 11) is 1.59. The number of likely N-dealkylation sites (tertiary alicyclic amines) is 2. The Kier molecular flexibility index (Phi) is 4.65. The van der Waals surface area contributed by atoms with Gasteiger partial charge in [-0.2, -0.15) is 0 Å². The summed E-state index contributed by atoms with van der Waals surface area (Å²) in [5, 5.41) is 15.2. The largest absolute Gasteiger partial charge is 0.497 e. The van der Waals surface area contributed by atoms with E-state index in [1.165, 1.54) is 11.8 Å². The van der Waals surface area contributed by atoms with Crippen molar-refractivity contribution in [3.8, 4) is 5.75 Å². The third-order valence-corrected chi connectivity index (χ3v) is 6.03. The molecule has 0 saturated carbocycles. The van der Waals surface area contributed by atoms with Crippen molar-refractivity contribution >= 4 is 17.8 Å². The van der Waals surface area contributed by atoms with Gasteiger partial charge in [-0.1, -0.05) is 12.1 Å². The Hall–Kier alpha value is -2.81. The molecule has 1 atom stereocenters. The van der Waals surface area contributed by atoms with Crippen molar-refractivity contribution in [1.82, 2.24) is 20.4 Å². The van der Waals surface area contributed by atoms with E-state index in [-0.39, 0.29) is 36.5 Å². The van der Waals surface area contributed by atoms with Crippen molar-refractivity contribution in [2.75, 3.05) is 39.8 Å². The number of hydrogen-bond acceptors (Lipinski definition) is 5. The minimum absolute atomic E-state index is 0.0262. The predicted octanol–water partition coefficient (Wildman–Crippen LogP) is -0.659. The highest BCUT2D eigenvalue weighted by molar-refractivity contribution is 5.90. The molecule has 3 N–H and O–H groups in total. The molecule has 3 saturated heterocycles. The summed E-state index contributed by atoms with van der Waals surface area (Å²) >= 11 is 0. The van der Waals surface area contributed by atoms with Gasteiger partial charge in [0.15, 0.2) is 0 Å². The summed E-state index contributed by atoms with van der Waals surface area (Å²) in [4.78, 5) is 40.3. The van der Waals surface area contributed by atoms with E-state index in [2.05, 4.69) is 10.6 Å². The molecule has 0 aromatic heterocycles. The molecule has 3 aliphatic heterocycles. The molecule has 0 unspecified atom stereocenters. The fraction of sp³-hybridized carbons (Fsp3) is 0.550. The highest BCUT2D eigenvalue weighted by Crippen LogP contribution is 2.39. The van der Waals surface area contributed by atoms with E-state index >= 15 is 0 Å². The van der Waals surface area contributed by atoms with Gasteiger partial charge >= 0.3 is 6.03 Å². The van der Waals surface area contributed by atoms with Crippen LogP contribution in [0.2, 0.25) is 0 Å². The SMILES string of the molecule is COc1cccc(CC2(C(=O)N3CC4(CNC(=O)N4)C3)CN(C(=O)[C@H](C)O)C2)c1. The Morgan fingerprint density at radius 1 is 1.24 bits per heavy atom. The molecule has 9 nitrogen and oxygen atoms in total. The number of amides is 4. The second kappa shape index (κ2) is 6.91. The first-order chi connectivity index (χ1) is 13.8. The summed E-state index contributed by atoms with van der Waals surface area (Å²) < 4.78 is 5.29. The van der Waals surface area contributed by atoms with Gasteiger partial charge in [0.25, 0.3) is 5.91 Å². The number of rotatable bonds is 5. The Bertz CT molecular complexity index is 843. The molecule has 1 aromatic carbocycles. The molecule has 4 amide bonds. The summed E-state index contributed by atoms with van der Waals surface area (Å²) in [6.07, 6.45) is -0.618. The zero-order valence-corrected chi connectivity index (χ0v) is 16.6. The van der Waals surface area contributed by atoms with Gasteiger partial charge in [0.05, 0.1) is 18.1 Å². The molecule has 0 bridgehead atoms. The molecule has 9 heteroatoms. The number of carbonyl (C=O) groups is 3. The highest BCUT2D eigenvalue weighted by Gasteiger charge is 2.58. The molecule has 156 valence electrons. The first kappa shape index (κ1) is 19.5. The number of hydrogen-bond donors (Lipinski definition) is 3. The van der Waals surface area contributed by atoms with Crippen molar-refractivity contribution in [2.24, 2.45) is 5.41 Å². The molecule has 29 heavy (non-hydrogen) atoms. The molecule has 3 heterocycles. The molecule has 1 spiro atoms. The van der Waals surface area contributed by atoms with Gasteiger partial charge in [-0.25, -0.2) is 4.79 Å². The van der Waals surface area contributed by atoms with Crippen molar-refractivity contribution < 1.29 is 24.2 Å². The zero-order valence-electron chi connectivity index (χ0n) is 16.6. The highest BCUT2D eigenvalue weighted by atomic mass is 16.5. The van der Waals surface area contributed by atoms with Gasteiger partial charge in [-0.3, -0.25) is 9.59 Å². The lowest BCUT2D eigenvalue weighted by Gasteiger charge is -2.55. The summed E-state index contributed by atoms with van der Waals surface area (Å²) in [5.41, 5.74) is -0.176. The number of methoxy groups -OCH3 is 1. The lowest BCUT2D eigenvalue weighted by molar-refractivity contribution is -0.169. The average molecular weight is 402 g/mol. The van der Waals surface area contributed by atoms with Crippen LogP contribution in [-0.2, 0) is 16.0 Å². The van der Waals surface area contributed by atoms with Crippen LogP contribution in [0.25, 0.3) is 0 Å². The van der Waals surface area contributed by atoms with E-state index in [0.717, 1.165) is 5.56 Å². The van der Waals surface area contributed by atoms with E-state index in [1.54, 1.807) is 12.0 Å². The zero-order chi connectivity index (χ0) is 20.8. The van der Waals surface area contributed by atoms with E-state index < -0.39 is 11.5 Å². The maximum Gasteiger partial charge on any atom is 0.315 e. The second-order valence-corrected chi connectivity index (χ2v) is 8.43. The fourth-order valence-corrected chi connectivity index (χ4v) is 4.53. The van der Waals surface area contributed by atoms with Gasteiger partial charge in [0.2, 0.25) is 5.91 Å². The van der Waals surface area contributed by atoms with Gasteiger partial charge in [-0.05, 0) is 31.0 Å². The number of carbonyl (C=O) groups excluding carboxylic acids is 3. The van der Waals surface area contributed by atoms with Gasteiger partial charge in [0, 0.05) is 32.7 Å². The van der Waals surface area contributed by atoms with Crippen molar-refractivity contribution in [2.45, 2.75) is 25.0 Å². The fourth-order valence-electron chi connectivity index (χ4n) is 4.53. The minimum atomic E-state index is -1.09. The smallest absolute Gasteiger partial charge is 0.315 e. The normalized spacial score (nSPS) is 22.2. The number of nitrogens with zero attached hydrogens (tertiary/aromatic N) is 2. The lowest BCUT2D eigenvalue weighted by Crippen LogP contribution is -2.75. The van der Waals surface area contributed by atoms with Gasteiger partial charge in [0.1, 0.15) is 11.9 Å². The van der Waals surface area contributed by atoms with Gasteiger partial charge < -0.3 is 30.3 Å². The third kappa shape index (κ3) is 3.39. The molecular weight excluding hydrogens is 376 g/mol. The summed E-state index contributed by atoms with van der Waals surface area (Å²) in [6.45, 7) is 3.37. The van der Waals surface area contributed by atoms with Crippen LogP contribution >= 0.6 is 0 Å². The van der Waals surface area contributed by atoms with E-state index in [0.29, 0.717) is 31.8 Å². The molecule has 3 aliphatic rings. The molecule has 3 fully saturated rings. The lowest BCUT2D eigenvalue weighted by atomic mass is 9.72. The number of nitrogens with one attached hydrogen (secondary N) is 2. The number of urea groups is 1. The first-order valence-electron chi connectivity index (χ1n) is 9.71. The molecule has 1 aromatic rings. The quantitative estimate of drug-likeness (QED) is 0.606. The maximum absolute atomic E-state index is 13.4. The Labute approximate surface area is 169 Å². The standard InChI is InChI=1S/C20H26N4O5/c1-13(25)16(26)23-9-19(10-23,7-14-4-3-5-15(6-14)29-2)17(27)24-11-20(12-24)8-21-18(28)22-20/h3-6,13,25H,7-12H2,1-2H3,(H2,21,22,28)/t13-/m0/s1. The van der Waals surface area contributed by atoms with Crippen molar-refractivity contribution in [1.29, 1.82) is 0 Å². The Morgan fingerprint density at radius 3 is 2.55 bits per heavy atom. The van der Waals surface area contributed by atoms with E-state index in [4.69, 9.17) is 4.74 Å².